The van der Waals surface area contributed by atoms with Crippen LogP contribution in [0.2, 0.25) is 0 Å². The van der Waals surface area contributed by atoms with Crippen molar-refractivity contribution in [3.05, 3.63) is 59.4 Å². The van der Waals surface area contributed by atoms with Crippen LogP contribution in [0.3, 0.4) is 0 Å². The zero-order valence-corrected chi connectivity index (χ0v) is 15.3. The fraction of sp³-hybridized carbons (Fsp3) is 0.250. The van der Waals surface area contributed by atoms with Gasteiger partial charge in [-0.2, -0.15) is 0 Å². The van der Waals surface area contributed by atoms with Gasteiger partial charge in [0.05, 0.1) is 30.3 Å². The number of H-pyrrole nitrogens is 1. The first-order valence-corrected chi connectivity index (χ1v) is 8.70. The number of nitrogens with zero attached hydrogens (tertiary/aromatic N) is 1. The lowest BCUT2D eigenvalue weighted by atomic mass is 10.2. The molecular formula is C20H22N4O3. The number of carbonyl (C=O) groups excluding carboxylic acids is 2. The number of carbonyl (C=O) groups is 2. The Kier molecular flexibility index (Phi) is 5.71. The molecule has 0 aliphatic rings. The Labute approximate surface area is 157 Å². The Balaban J connectivity index is 1.47. The highest BCUT2D eigenvalue weighted by Gasteiger charge is 2.12. The highest BCUT2D eigenvalue weighted by atomic mass is 16.5. The van der Waals surface area contributed by atoms with Gasteiger partial charge >= 0.3 is 0 Å². The van der Waals surface area contributed by atoms with Gasteiger partial charge in [-0.25, -0.2) is 4.98 Å². The topological polar surface area (TPSA) is 96.1 Å². The van der Waals surface area contributed by atoms with Gasteiger partial charge in [0.2, 0.25) is 5.91 Å². The van der Waals surface area contributed by atoms with Crippen LogP contribution in [0.25, 0.3) is 11.0 Å². The molecule has 0 aliphatic heterocycles. The van der Waals surface area contributed by atoms with Crippen LogP contribution in [0.1, 0.15) is 28.2 Å². The lowest BCUT2D eigenvalue weighted by molar-refractivity contribution is -0.121. The number of ether oxygens (including phenoxy) is 1. The van der Waals surface area contributed by atoms with Crippen LogP contribution < -0.4 is 15.4 Å². The molecule has 2 aromatic carbocycles. The molecule has 27 heavy (non-hydrogen) atoms. The van der Waals surface area contributed by atoms with Crippen molar-refractivity contribution in [1.29, 1.82) is 0 Å². The molecule has 1 heterocycles. The van der Waals surface area contributed by atoms with E-state index < -0.39 is 0 Å². The average Bonchev–Trinajstić information content (AvgIpc) is 3.11. The number of aromatic nitrogens is 2. The molecule has 0 spiro atoms. The largest absolute Gasteiger partial charge is 0.496 e. The number of fused-ring (bicyclic) bond motifs is 1. The number of para-hydroxylation sites is 2. The van der Waals surface area contributed by atoms with Crippen LogP contribution in [0, 0.1) is 6.92 Å². The van der Waals surface area contributed by atoms with Gasteiger partial charge < -0.3 is 20.4 Å². The van der Waals surface area contributed by atoms with Crippen LogP contribution >= 0.6 is 0 Å². The van der Waals surface area contributed by atoms with Crippen LogP contribution in [0.15, 0.2) is 42.5 Å². The maximum absolute atomic E-state index is 12.2. The third-order valence-corrected chi connectivity index (χ3v) is 4.21. The maximum Gasteiger partial charge on any atom is 0.255 e. The Morgan fingerprint density at radius 1 is 1.11 bits per heavy atom. The molecule has 3 aromatic rings. The molecule has 3 rings (SSSR count). The summed E-state index contributed by atoms with van der Waals surface area (Å²) in [7, 11) is 1.51. The molecule has 140 valence electrons. The first-order valence-electron chi connectivity index (χ1n) is 8.70. The van der Waals surface area contributed by atoms with Crippen molar-refractivity contribution in [2.75, 3.05) is 13.7 Å². The van der Waals surface area contributed by atoms with E-state index in [1.807, 2.05) is 25.1 Å². The highest BCUT2D eigenvalue weighted by Crippen LogP contribution is 2.17. The Hall–Kier alpha value is -3.35. The fourth-order valence-corrected chi connectivity index (χ4v) is 2.80. The van der Waals surface area contributed by atoms with Crippen LogP contribution in [-0.4, -0.2) is 35.4 Å². The Bertz CT molecular complexity index is 965. The van der Waals surface area contributed by atoms with Crippen molar-refractivity contribution < 1.29 is 14.3 Å². The van der Waals surface area contributed by atoms with E-state index in [0.29, 0.717) is 23.7 Å². The van der Waals surface area contributed by atoms with Gasteiger partial charge in [-0.3, -0.25) is 9.59 Å². The number of rotatable bonds is 7. The van der Waals surface area contributed by atoms with E-state index in [1.54, 1.807) is 24.3 Å². The molecule has 7 nitrogen and oxygen atoms in total. The van der Waals surface area contributed by atoms with Gasteiger partial charge in [-0.05, 0) is 30.7 Å². The van der Waals surface area contributed by atoms with Crippen molar-refractivity contribution in [1.82, 2.24) is 20.6 Å². The predicted octanol–water partition coefficient (Wildman–Crippen LogP) is 2.32. The first-order chi connectivity index (χ1) is 13.1. The van der Waals surface area contributed by atoms with Crippen molar-refractivity contribution in [2.24, 2.45) is 0 Å². The number of aromatic amines is 1. The van der Waals surface area contributed by atoms with E-state index in [0.717, 1.165) is 16.6 Å². The lowest BCUT2D eigenvalue weighted by Crippen LogP contribution is -2.30. The summed E-state index contributed by atoms with van der Waals surface area (Å²) >= 11 is 0. The van der Waals surface area contributed by atoms with Crippen molar-refractivity contribution in [2.45, 2.75) is 19.9 Å². The normalized spacial score (nSPS) is 10.6. The highest BCUT2D eigenvalue weighted by molar-refractivity contribution is 5.97. The number of amides is 2. The van der Waals surface area contributed by atoms with E-state index in [1.165, 1.54) is 7.11 Å². The predicted molar refractivity (Wildman–Crippen MR) is 103 cm³/mol. The van der Waals surface area contributed by atoms with Gasteiger partial charge in [0, 0.05) is 13.0 Å². The molecule has 7 heteroatoms. The third kappa shape index (κ3) is 4.44. The van der Waals surface area contributed by atoms with E-state index >= 15 is 0 Å². The van der Waals surface area contributed by atoms with Crippen molar-refractivity contribution >= 4 is 22.8 Å². The number of hydrogen-bond acceptors (Lipinski definition) is 4. The first kappa shape index (κ1) is 18.4. The second-order valence-corrected chi connectivity index (χ2v) is 6.14. The summed E-state index contributed by atoms with van der Waals surface area (Å²) in [4.78, 5) is 31.9. The van der Waals surface area contributed by atoms with Crippen LogP contribution in [-0.2, 0) is 11.3 Å². The lowest BCUT2D eigenvalue weighted by Gasteiger charge is -2.09. The Morgan fingerprint density at radius 2 is 1.93 bits per heavy atom. The molecule has 0 bridgehead atoms. The minimum absolute atomic E-state index is 0.160. The second-order valence-electron chi connectivity index (χ2n) is 6.14. The summed E-state index contributed by atoms with van der Waals surface area (Å²) in [5.41, 5.74) is 3.38. The number of benzene rings is 2. The average molecular weight is 366 g/mol. The number of imidazole rings is 1. The van der Waals surface area contributed by atoms with E-state index in [4.69, 9.17) is 4.74 Å². The van der Waals surface area contributed by atoms with Crippen molar-refractivity contribution in [3.63, 3.8) is 0 Å². The van der Waals surface area contributed by atoms with E-state index in [2.05, 4.69) is 20.6 Å². The molecule has 3 N–H and O–H groups in total. The van der Waals surface area contributed by atoms with Gasteiger partial charge in [0.15, 0.2) is 0 Å². The summed E-state index contributed by atoms with van der Waals surface area (Å²) in [5.74, 6) is 0.769. The molecular weight excluding hydrogens is 344 g/mol. The second kappa shape index (κ2) is 8.35. The van der Waals surface area contributed by atoms with E-state index in [9.17, 15) is 9.59 Å². The quantitative estimate of drug-likeness (QED) is 0.598. The summed E-state index contributed by atoms with van der Waals surface area (Å²) in [6, 6.07) is 12.9. The minimum atomic E-state index is -0.270. The molecule has 2 amide bonds. The Morgan fingerprint density at radius 3 is 2.70 bits per heavy atom. The number of aryl methyl sites for hydroxylation is 1. The van der Waals surface area contributed by atoms with Gasteiger partial charge in [-0.1, -0.05) is 24.3 Å². The molecule has 0 radical (unpaired) electrons. The summed E-state index contributed by atoms with van der Waals surface area (Å²) in [6.07, 6.45) is 0.181. The van der Waals surface area contributed by atoms with Gasteiger partial charge in [0.25, 0.3) is 5.91 Å². The summed E-state index contributed by atoms with van der Waals surface area (Å²) in [6.45, 7) is 2.55. The SMILES string of the molecule is COc1ccccc1C(=O)NCCC(=O)NCc1nc2c(C)cccc2[nH]1. The van der Waals surface area contributed by atoms with E-state index in [-0.39, 0.29) is 24.8 Å². The molecule has 0 aliphatic carbocycles. The molecule has 0 saturated carbocycles. The van der Waals surface area contributed by atoms with Crippen LogP contribution in [0.5, 0.6) is 5.75 Å². The zero-order chi connectivity index (χ0) is 19.2. The summed E-state index contributed by atoms with van der Waals surface area (Å²) < 4.78 is 5.16. The zero-order valence-electron chi connectivity index (χ0n) is 15.3. The standard InChI is InChI=1S/C20H22N4O3/c1-13-6-5-8-15-19(13)24-17(23-15)12-22-18(25)10-11-21-20(26)14-7-3-4-9-16(14)27-2/h3-9H,10-12H2,1-2H3,(H,21,26)(H,22,25)(H,23,24). The molecule has 1 aromatic heterocycles. The number of hydrogen-bond donors (Lipinski definition) is 3. The maximum atomic E-state index is 12.2. The third-order valence-electron chi connectivity index (χ3n) is 4.21. The molecule has 0 atom stereocenters. The monoisotopic (exact) mass is 366 g/mol. The van der Waals surface area contributed by atoms with Gasteiger partial charge in [0.1, 0.15) is 11.6 Å². The molecule has 0 fully saturated rings. The molecule has 0 unspecified atom stereocenters. The van der Waals surface area contributed by atoms with Gasteiger partial charge in [-0.15, -0.1) is 0 Å². The number of nitrogens with one attached hydrogen (secondary N) is 3. The minimum Gasteiger partial charge on any atom is -0.496 e. The molecule has 0 saturated heterocycles. The van der Waals surface area contributed by atoms with Crippen molar-refractivity contribution in [3.8, 4) is 5.75 Å². The summed E-state index contributed by atoms with van der Waals surface area (Å²) in [5, 5.41) is 5.54. The smallest absolute Gasteiger partial charge is 0.255 e. The number of methoxy groups -OCH3 is 1. The fourth-order valence-electron chi connectivity index (χ4n) is 2.80. The van der Waals surface area contributed by atoms with Crippen LogP contribution in [0.4, 0.5) is 0 Å².